The number of halogens is 1. The predicted octanol–water partition coefficient (Wildman–Crippen LogP) is 4.01. The van der Waals surface area contributed by atoms with Gasteiger partial charge < -0.3 is 4.57 Å². The van der Waals surface area contributed by atoms with Crippen LogP contribution in [0.25, 0.3) is 17.1 Å². The Bertz CT molecular complexity index is 1010. The summed E-state index contributed by atoms with van der Waals surface area (Å²) in [6.45, 7) is 0. The Morgan fingerprint density at radius 2 is 1.77 bits per heavy atom. The van der Waals surface area contributed by atoms with Crippen molar-refractivity contribution in [3.63, 3.8) is 0 Å². The van der Waals surface area contributed by atoms with Gasteiger partial charge >= 0.3 is 0 Å². The van der Waals surface area contributed by atoms with E-state index in [0.29, 0.717) is 10.8 Å². The highest BCUT2D eigenvalue weighted by atomic mass is 35.5. The van der Waals surface area contributed by atoms with Crippen LogP contribution in [0, 0.1) is 0 Å². The molecule has 6 nitrogen and oxygen atoms in total. The third-order valence-electron chi connectivity index (χ3n) is 3.81. The van der Waals surface area contributed by atoms with Crippen LogP contribution in [-0.4, -0.2) is 29.8 Å². The van der Waals surface area contributed by atoms with Crippen molar-refractivity contribution in [2.45, 2.75) is 10.9 Å². The van der Waals surface area contributed by atoms with Gasteiger partial charge in [-0.3, -0.25) is 0 Å². The molecular formula is C18H15ClN6S. The lowest BCUT2D eigenvalue weighted by Gasteiger charge is -2.03. The molecule has 2 aromatic carbocycles. The van der Waals surface area contributed by atoms with E-state index in [1.165, 1.54) is 0 Å². The van der Waals surface area contributed by atoms with Gasteiger partial charge in [-0.05, 0) is 36.4 Å². The zero-order chi connectivity index (χ0) is 17.9. The fourth-order valence-corrected chi connectivity index (χ4v) is 3.39. The summed E-state index contributed by atoms with van der Waals surface area (Å²) in [5.74, 6) is 1.47. The Kier molecular flexibility index (Phi) is 4.73. The predicted molar refractivity (Wildman–Crippen MR) is 102 cm³/mol. The molecule has 0 bridgehead atoms. The molecule has 0 saturated carbocycles. The third kappa shape index (κ3) is 3.49. The van der Waals surface area contributed by atoms with Gasteiger partial charge in [0.15, 0.2) is 11.0 Å². The molecular weight excluding hydrogens is 368 g/mol. The fraction of sp³-hybridized carbons (Fsp3) is 0.111. The van der Waals surface area contributed by atoms with Gasteiger partial charge in [-0.25, -0.2) is 0 Å². The Labute approximate surface area is 159 Å². The molecule has 4 rings (SSSR count). The number of nitrogens with zero attached hydrogens (tertiary/aromatic N) is 6. The molecule has 0 unspecified atom stereocenters. The van der Waals surface area contributed by atoms with E-state index in [4.69, 9.17) is 11.6 Å². The molecule has 2 aromatic heterocycles. The second-order valence-electron chi connectivity index (χ2n) is 5.62. The number of thioether (sulfide) groups is 1. The van der Waals surface area contributed by atoms with Crippen molar-refractivity contribution >= 4 is 23.4 Å². The minimum absolute atomic E-state index is 0.666. The molecule has 0 aliphatic rings. The molecule has 26 heavy (non-hydrogen) atoms. The first-order valence-electron chi connectivity index (χ1n) is 7.95. The maximum Gasteiger partial charge on any atom is 0.191 e. The minimum Gasteiger partial charge on any atom is -0.305 e. The van der Waals surface area contributed by atoms with Gasteiger partial charge in [0.05, 0.1) is 17.6 Å². The highest BCUT2D eigenvalue weighted by Gasteiger charge is 2.12. The van der Waals surface area contributed by atoms with Crippen molar-refractivity contribution in [2.75, 3.05) is 0 Å². The smallest absolute Gasteiger partial charge is 0.191 e. The summed E-state index contributed by atoms with van der Waals surface area (Å²) < 4.78 is 1.97. The van der Waals surface area contributed by atoms with E-state index >= 15 is 0 Å². The molecule has 0 radical (unpaired) electrons. The van der Waals surface area contributed by atoms with Crippen LogP contribution < -0.4 is 0 Å². The lowest BCUT2D eigenvalue weighted by atomic mass is 10.2. The van der Waals surface area contributed by atoms with Gasteiger partial charge in [0.1, 0.15) is 0 Å². The van der Waals surface area contributed by atoms with Crippen molar-refractivity contribution in [3.05, 3.63) is 71.5 Å². The summed E-state index contributed by atoms with van der Waals surface area (Å²) in [7, 11) is 1.95. The molecule has 0 N–H and O–H groups in total. The van der Waals surface area contributed by atoms with E-state index < -0.39 is 0 Å². The summed E-state index contributed by atoms with van der Waals surface area (Å²) >= 11 is 7.52. The topological polar surface area (TPSA) is 61.4 Å². The van der Waals surface area contributed by atoms with Crippen LogP contribution in [0.1, 0.15) is 5.69 Å². The van der Waals surface area contributed by atoms with Gasteiger partial charge in [-0.15, -0.1) is 10.2 Å². The van der Waals surface area contributed by atoms with Gasteiger partial charge in [0, 0.05) is 23.4 Å². The Morgan fingerprint density at radius 1 is 1.00 bits per heavy atom. The molecule has 8 heteroatoms. The normalized spacial score (nSPS) is 11.0. The zero-order valence-electron chi connectivity index (χ0n) is 14.0. The summed E-state index contributed by atoms with van der Waals surface area (Å²) in [6, 6.07) is 17.4. The van der Waals surface area contributed by atoms with E-state index in [2.05, 4.69) is 20.4 Å². The first kappa shape index (κ1) is 16.8. The van der Waals surface area contributed by atoms with E-state index in [1.54, 1.807) is 22.8 Å². The second kappa shape index (κ2) is 7.31. The molecule has 0 fully saturated rings. The van der Waals surface area contributed by atoms with Crippen molar-refractivity contribution in [1.82, 2.24) is 29.8 Å². The molecule has 130 valence electrons. The molecule has 0 aliphatic heterocycles. The largest absolute Gasteiger partial charge is 0.305 e. The SMILES string of the molecule is Cn1c(SCc2cnn(-c3ccccc3)n2)nnc1-c1ccc(Cl)cc1. The van der Waals surface area contributed by atoms with Crippen LogP contribution in [-0.2, 0) is 12.8 Å². The molecule has 4 aromatic rings. The molecule has 0 saturated heterocycles. The van der Waals surface area contributed by atoms with E-state index in [1.807, 2.05) is 66.2 Å². The summed E-state index contributed by atoms with van der Waals surface area (Å²) in [5.41, 5.74) is 2.80. The van der Waals surface area contributed by atoms with Crippen LogP contribution in [0.2, 0.25) is 5.02 Å². The molecule has 2 heterocycles. The van der Waals surface area contributed by atoms with E-state index in [9.17, 15) is 0 Å². The van der Waals surface area contributed by atoms with E-state index in [0.717, 1.165) is 27.9 Å². The maximum atomic E-state index is 5.95. The average Bonchev–Trinajstić information content (AvgIpc) is 3.29. The number of hydrogen-bond acceptors (Lipinski definition) is 5. The summed E-state index contributed by atoms with van der Waals surface area (Å²) in [6.07, 6.45) is 1.77. The second-order valence-corrected chi connectivity index (χ2v) is 7.00. The van der Waals surface area contributed by atoms with Crippen molar-refractivity contribution < 1.29 is 0 Å². The minimum atomic E-state index is 0.666. The highest BCUT2D eigenvalue weighted by molar-refractivity contribution is 7.98. The first-order chi connectivity index (χ1) is 12.7. The number of para-hydroxylation sites is 1. The molecule has 0 amide bonds. The van der Waals surface area contributed by atoms with Crippen LogP contribution in [0.5, 0.6) is 0 Å². The van der Waals surface area contributed by atoms with Crippen LogP contribution in [0.3, 0.4) is 0 Å². The van der Waals surface area contributed by atoms with Crippen LogP contribution >= 0.6 is 23.4 Å². The monoisotopic (exact) mass is 382 g/mol. The lowest BCUT2D eigenvalue weighted by Crippen LogP contribution is -1.98. The zero-order valence-corrected chi connectivity index (χ0v) is 15.5. The highest BCUT2D eigenvalue weighted by Crippen LogP contribution is 2.25. The fourth-order valence-electron chi connectivity index (χ4n) is 2.48. The number of hydrogen-bond donors (Lipinski definition) is 0. The van der Waals surface area contributed by atoms with Gasteiger partial charge in [-0.2, -0.15) is 15.0 Å². The van der Waals surface area contributed by atoms with E-state index in [-0.39, 0.29) is 0 Å². The Balaban J connectivity index is 1.47. The Morgan fingerprint density at radius 3 is 2.54 bits per heavy atom. The standard InChI is InChI=1S/C18H15ClN6S/c1-24-17(13-7-9-14(19)10-8-13)21-22-18(24)26-12-15-11-20-25(23-15)16-5-3-2-4-6-16/h2-11H,12H2,1H3. The Hall–Kier alpha value is -2.64. The summed E-state index contributed by atoms with van der Waals surface area (Å²) in [4.78, 5) is 1.63. The lowest BCUT2D eigenvalue weighted by molar-refractivity contribution is 0.744. The van der Waals surface area contributed by atoms with Gasteiger partial charge in [-0.1, -0.05) is 41.6 Å². The average molecular weight is 383 g/mol. The molecule has 0 aliphatic carbocycles. The summed E-state index contributed by atoms with van der Waals surface area (Å²) in [5, 5.41) is 18.9. The van der Waals surface area contributed by atoms with Crippen LogP contribution in [0.15, 0.2) is 66.0 Å². The third-order valence-corrected chi connectivity index (χ3v) is 5.12. The molecule has 0 atom stereocenters. The van der Waals surface area contributed by atoms with Crippen LogP contribution in [0.4, 0.5) is 0 Å². The maximum absolute atomic E-state index is 5.95. The van der Waals surface area contributed by atoms with Gasteiger partial charge in [0.2, 0.25) is 0 Å². The van der Waals surface area contributed by atoms with Crippen molar-refractivity contribution in [3.8, 4) is 17.1 Å². The van der Waals surface area contributed by atoms with Gasteiger partial charge in [0.25, 0.3) is 0 Å². The number of aromatic nitrogens is 6. The van der Waals surface area contributed by atoms with Crippen molar-refractivity contribution in [1.29, 1.82) is 0 Å². The first-order valence-corrected chi connectivity index (χ1v) is 9.32. The quantitative estimate of drug-likeness (QED) is 0.488. The molecule has 0 spiro atoms. The number of rotatable bonds is 5. The number of benzene rings is 2. The van der Waals surface area contributed by atoms with Crippen molar-refractivity contribution in [2.24, 2.45) is 7.05 Å².